The highest BCUT2D eigenvalue weighted by Gasteiger charge is 2.22. The summed E-state index contributed by atoms with van der Waals surface area (Å²) in [7, 11) is 4.75. The van der Waals surface area contributed by atoms with Crippen LogP contribution in [0.2, 0.25) is 0 Å². The van der Waals surface area contributed by atoms with Gasteiger partial charge in [-0.05, 0) is 52.1 Å². The van der Waals surface area contributed by atoms with Gasteiger partial charge in [-0.25, -0.2) is 4.79 Å². The summed E-state index contributed by atoms with van der Waals surface area (Å²) < 4.78 is 23.5. The average molecular weight is 615 g/mol. The van der Waals surface area contributed by atoms with E-state index in [4.69, 9.17) is 18.9 Å². The summed E-state index contributed by atoms with van der Waals surface area (Å²) in [5, 5.41) is 1.25. The second-order valence-electron chi connectivity index (χ2n) is 10.7. The van der Waals surface area contributed by atoms with Crippen molar-refractivity contribution in [2.45, 2.75) is 18.9 Å². The first-order valence-electron chi connectivity index (χ1n) is 14.8. The summed E-state index contributed by atoms with van der Waals surface area (Å²) in [5.41, 5.74) is 6.69. The number of esters is 1. The predicted molar refractivity (Wildman–Crippen MR) is 182 cm³/mol. The van der Waals surface area contributed by atoms with Crippen molar-refractivity contribution in [2.75, 3.05) is 21.3 Å². The summed E-state index contributed by atoms with van der Waals surface area (Å²) in [5.74, 6) is 1.81. The molecule has 1 atom stereocenters. The molecule has 6 aromatic rings. The minimum absolute atomic E-state index is 0.399. The third-order valence-corrected chi connectivity index (χ3v) is 9.05. The van der Waals surface area contributed by atoms with Crippen molar-refractivity contribution in [3.05, 3.63) is 137 Å². The first-order chi connectivity index (χ1) is 22.1. The Kier molecular flexibility index (Phi) is 9.13. The first kappa shape index (κ1) is 30.0. The van der Waals surface area contributed by atoms with Crippen molar-refractivity contribution in [1.29, 1.82) is 0 Å². The Labute approximate surface area is 267 Å². The van der Waals surface area contributed by atoms with E-state index in [-0.39, 0.29) is 0 Å². The molecule has 1 heterocycles. The molecule has 45 heavy (non-hydrogen) atoms. The second kappa shape index (κ2) is 13.7. The van der Waals surface area contributed by atoms with Crippen LogP contribution in [0.4, 0.5) is 0 Å². The Balaban J connectivity index is 1.24. The topological polar surface area (TPSA) is 54.0 Å². The van der Waals surface area contributed by atoms with Crippen molar-refractivity contribution in [3.8, 4) is 39.5 Å². The van der Waals surface area contributed by atoms with Crippen LogP contribution < -0.4 is 14.2 Å². The number of fused-ring (bicyclic) bond motifs is 1. The van der Waals surface area contributed by atoms with Crippen LogP contribution in [0.25, 0.3) is 32.3 Å². The van der Waals surface area contributed by atoms with Gasteiger partial charge in [0.25, 0.3) is 0 Å². The highest BCUT2D eigenvalue weighted by molar-refractivity contribution is 7.19. The standard InChI is InChI=1S/C39H34O5S/c1-41-32-22-19-30(34(25-32)42-2)24-37-38(33-11-7-8-12-36(33)45-37)29-15-13-27(14-16-29)28-17-20-31(21-18-28)44-35(39(40)43-3)23-26-9-5-4-6-10-26/h4-22,25,35H,23-24H2,1-3H3/t35-/m1/s1. The molecule has 0 radical (unpaired) electrons. The molecule has 5 nitrogen and oxygen atoms in total. The van der Waals surface area contributed by atoms with Crippen LogP contribution in [0.3, 0.4) is 0 Å². The SMILES string of the molecule is COC(=O)[C@@H](Cc1ccccc1)Oc1ccc(-c2ccc(-c3c(Cc4ccc(OC)cc4OC)sc4ccccc34)cc2)cc1. The van der Waals surface area contributed by atoms with Crippen LogP contribution in [0.5, 0.6) is 17.2 Å². The van der Waals surface area contributed by atoms with E-state index in [1.165, 1.54) is 33.2 Å². The third-order valence-electron chi connectivity index (χ3n) is 7.88. The maximum absolute atomic E-state index is 12.4. The number of carbonyl (C=O) groups is 1. The molecule has 0 fully saturated rings. The molecule has 226 valence electrons. The normalized spacial score (nSPS) is 11.6. The van der Waals surface area contributed by atoms with Crippen molar-refractivity contribution in [2.24, 2.45) is 0 Å². The van der Waals surface area contributed by atoms with Crippen molar-refractivity contribution in [3.63, 3.8) is 0 Å². The first-order valence-corrected chi connectivity index (χ1v) is 15.6. The molecule has 1 aromatic heterocycles. The molecule has 0 aliphatic carbocycles. The number of thiophene rings is 1. The number of benzene rings is 5. The Hall–Kier alpha value is -5.07. The lowest BCUT2D eigenvalue weighted by molar-refractivity contribution is -0.148. The van der Waals surface area contributed by atoms with Gasteiger partial charge in [0, 0.05) is 39.4 Å². The van der Waals surface area contributed by atoms with Gasteiger partial charge in [-0.2, -0.15) is 0 Å². The maximum Gasteiger partial charge on any atom is 0.347 e. The van der Waals surface area contributed by atoms with Crippen LogP contribution in [0.15, 0.2) is 121 Å². The van der Waals surface area contributed by atoms with Gasteiger partial charge in [0.15, 0.2) is 6.10 Å². The van der Waals surface area contributed by atoms with E-state index in [0.717, 1.165) is 40.2 Å². The molecule has 6 rings (SSSR count). The number of hydrogen-bond donors (Lipinski definition) is 0. The molecule has 0 aliphatic heterocycles. The number of carbonyl (C=O) groups excluding carboxylic acids is 1. The van der Waals surface area contributed by atoms with Gasteiger partial charge in [0.1, 0.15) is 17.2 Å². The monoisotopic (exact) mass is 614 g/mol. The van der Waals surface area contributed by atoms with Crippen molar-refractivity contribution in [1.82, 2.24) is 0 Å². The van der Waals surface area contributed by atoms with Gasteiger partial charge in [-0.1, -0.05) is 91.0 Å². The molecule has 0 saturated heterocycles. The second-order valence-corrected chi connectivity index (χ2v) is 11.8. The Morgan fingerprint density at radius 1 is 0.689 bits per heavy atom. The van der Waals surface area contributed by atoms with E-state index < -0.39 is 12.1 Å². The maximum atomic E-state index is 12.4. The number of ether oxygens (including phenoxy) is 4. The lowest BCUT2D eigenvalue weighted by atomic mass is 9.96. The zero-order chi connectivity index (χ0) is 31.2. The number of hydrogen-bond acceptors (Lipinski definition) is 6. The number of methoxy groups -OCH3 is 3. The molecule has 0 aliphatic rings. The third kappa shape index (κ3) is 6.71. The zero-order valence-corrected chi connectivity index (χ0v) is 26.3. The smallest absolute Gasteiger partial charge is 0.347 e. The van der Waals surface area contributed by atoms with Crippen molar-refractivity contribution >= 4 is 27.4 Å². The van der Waals surface area contributed by atoms with Gasteiger partial charge >= 0.3 is 5.97 Å². The van der Waals surface area contributed by atoms with Crippen LogP contribution in [-0.4, -0.2) is 33.4 Å². The lowest BCUT2D eigenvalue weighted by Gasteiger charge is -2.17. The molecule has 0 bridgehead atoms. The van der Waals surface area contributed by atoms with Crippen molar-refractivity contribution < 1.29 is 23.7 Å². The zero-order valence-electron chi connectivity index (χ0n) is 25.5. The van der Waals surface area contributed by atoms with E-state index >= 15 is 0 Å². The molecule has 6 heteroatoms. The quantitative estimate of drug-likeness (QED) is 0.136. The van der Waals surface area contributed by atoms with E-state index in [1.54, 1.807) is 14.2 Å². The van der Waals surface area contributed by atoms with E-state index in [1.807, 2.05) is 78.1 Å². The molecular weight excluding hydrogens is 580 g/mol. The fourth-order valence-electron chi connectivity index (χ4n) is 5.56. The van der Waals surface area contributed by atoms with Gasteiger partial charge in [-0.3, -0.25) is 0 Å². The highest BCUT2D eigenvalue weighted by Crippen LogP contribution is 2.41. The summed E-state index contributed by atoms with van der Waals surface area (Å²) in [6, 6.07) is 40.9. The Morgan fingerprint density at radius 2 is 1.33 bits per heavy atom. The Morgan fingerprint density at radius 3 is 2.02 bits per heavy atom. The van der Waals surface area contributed by atoms with Gasteiger partial charge < -0.3 is 18.9 Å². The van der Waals surface area contributed by atoms with E-state index in [9.17, 15) is 4.79 Å². The Bertz CT molecular complexity index is 1890. The minimum atomic E-state index is -0.727. The van der Waals surface area contributed by atoms with E-state index in [0.29, 0.717) is 12.2 Å². The summed E-state index contributed by atoms with van der Waals surface area (Å²) in [4.78, 5) is 13.7. The molecule has 0 spiro atoms. The molecular formula is C39H34O5S. The fourth-order valence-corrected chi connectivity index (χ4v) is 6.81. The van der Waals surface area contributed by atoms with Crippen LogP contribution in [-0.2, 0) is 22.4 Å². The highest BCUT2D eigenvalue weighted by atomic mass is 32.1. The van der Waals surface area contributed by atoms with Gasteiger partial charge in [0.2, 0.25) is 0 Å². The van der Waals surface area contributed by atoms with Crippen LogP contribution >= 0.6 is 11.3 Å². The summed E-state index contributed by atoms with van der Waals surface area (Å²) in [6.45, 7) is 0. The molecule has 0 unspecified atom stereocenters. The van der Waals surface area contributed by atoms with Crippen LogP contribution in [0, 0.1) is 0 Å². The molecule has 0 N–H and O–H groups in total. The fraction of sp³-hybridized carbons (Fsp3) is 0.154. The molecule has 0 amide bonds. The lowest BCUT2D eigenvalue weighted by Crippen LogP contribution is -2.30. The largest absolute Gasteiger partial charge is 0.497 e. The van der Waals surface area contributed by atoms with Gasteiger partial charge in [0.05, 0.1) is 21.3 Å². The van der Waals surface area contributed by atoms with E-state index in [2.05, 4.69) is 54.6 Å². The average Bonchev–Trinajstić information content (AvgIpc) is 3.46. The minimum Gasteiger partial charge on any atom is -0.497 e. The summed E-state index contributed by atoms with van der Waals surface area (Å²) >= 11 is 1.82. The molecule has 5 aromatic carbocycles. The number of rotatable bonds is 11. The van der Waals surface area contributed by atoms with Crippen LogP contribution in [0.1, 0.15) is 16.0 Å². The molecule has 0 saturated carbocycles. The summed E-state index contributed by atoms with van der Waals surface area (Å²) in [6.07, 6.45) is 0.457. The predicted octanol–water partition coefficient (Wildman–Crippen LogP) is 9.01. The van der Waals surface area contributed by atoms with Gasteiger partial charge in [-0.15, -0.1) is 11.3 Å².